The molecule has 1 saturated heterocycles. The maximum Gasteiger partial charge on any atom is 0.254 e. The van der Waals surface area contributed by atoms with Crippen molar-refractivity contribution in [2.75, 3.05) is 6.54 Å². The summed E-state index contributed by atoms with van der Waals surface area (Å²) >= 11 is 5.78. The Kier molecular flexibility index (Phi) is 3.44. The molecule has 2 heterocycles. The summed E-state index contributed by atoms with van der Waals surface area (Å²) in [6.45, 7) is 2.94. The summed E-state index contributed by atoms with van der Waals surface area (Å²) in [5.41, 5.74) is 0.633. The van der Waals surface area contributed by atoms with Gasteiger partial charge in [-0.15, -0.1) is 0 Å². The first-order valence-corrected chi connectivity index (χ1v) is 5.99. The van der Waals surface area contributed by atoms with Gasteiger partial charge < -0.3 is 4.90 Å². The molecule has 1 amide bonds. The second-order valence-corrected chi connectivity index (χ2v) is 4.60. The summed E-state index contributed by atoms with van der Waals surface area (Å²) in [5.74, 6) is 0.0662. The molecule has 16 heavy (non-hydrogen) atoms. The van der Waals surface area contributed by atoms with Crippen LogP contribution in [0.5, 0.6) is 0 Å². The van der Waals surface area contributed by atoms with Gasteiger partial charge in [0.05, 0.1) is 0 Å². The molecule has 0 bridgehead atoms. The van der Waals surface area contributed by atoms with Crippen molar-refractivity contribution in [3.63, 3.8) is 0 Å². The number of nitrogens with zero attached hydrogens (tertiary/aromatic N) is 2. The number of likely N-dealkylation sites (tertiary alicyclic amines) is 1. The molecule has 1 aliphatic rings. The lowest BCUT2D eigenvalue weighted by Gasteiger charge is -2.33. The van der Waals surface area contributed by atoms with E-state index in [9.17, 15) is 4.79 Å². The molecule has 0 aromatic carbocycles. The van der Waals surface area contributed by atoms with Crippen LogP contribution < -0.4 is 0 Å². The number of hydrogen-bond donors (Lipinski definition) is 0. The van der Waals surface area contributed by atoms with Crippen molar-refractivity contribution in [2.45, 2.75) is 32.2 Å². The zero-order valence-corrected chi connectivity index (χ0v) is 10.1. The number of halogens is 1. The smallest absolute Gasteiger partial charge is 0.254 e. The fraction of sp³-hybridized carbons (Fsp3) is 0.500. The maximum absolute atomic E-state index is 12.2. The van der Waals surface area contributed by atoms with Crippen LogP contribution in [-0.4, -0.2) is 28.4 Å². The van der Waals surface area contributed by atoms with Crippen molar-refractivity contribution in [3.05, 3.63) is 29.0 Å². The van der Waals surface area contributed by atoms with Crippen molar-refractivity contribution >= 4 is 17.5 Å². The van der Waals surface area contributed by atoms with Gasteiger partial charge in [0.1, 0.15) is 5.15 Å². The van der Waals surface area contributed by atoms with E-state index in [0.717, 1.165) is 19.4 Å². The van der Waals surface area contributed by atoms with Crippen LogP contribution >= 0.6 is 11.6 Å². The van der Waals surface area contributed by atoms with Crippen molar-refractivity contribution in [2.24, 2.45) is 0 Å². The molecule has 0 spiro atoms. The van der Waals surface area contributed by atoms with Crippen molar-refractivity contribution in [1.82, 2.24) is 9.88 Å². The molecule has 86 valence electrons. The summed E-state index contributed by atoms with van der Waals surface area (Å²) in [5, 5.41) is 0.371. The van der Waals surface area contributed by atoms with E-state index in [4.69, 9.17) is 11.6 Å². The predicted molar refractivity (Wildman–Crippen MR) is 63.6 cm³/mol. The van der Waals surface area contributed by atoms with E-state index < -0.39 is 0 Å². The number of hydrogen-bond acceptors (Lipinski definition) is 2. The lowest BCUT2D eigenvalue weighted by Crippen LogP contribution is -2.42. The minimum absolute atomic E-state index is 0.0662. The van der Waals surface area contributed by atoms with E-state index in [-0.39, 0.29) is 5.91 Å². The van der Waals surface area contributed by atoms with Gasteiger partial charge in [-0.25, -0.2) is 4.98 Å². The molecule has 0 N–H and O–H groups in total. The van der Waals surface area contributed by atoms with E-state index in [1.54, 1.807) is 18.3 Å². The Hall–Kier alpha value is -1.09. The standard InChI is InChI=1S/C12H15ClN2O/c1-9-4-2-3-7-15(9)12(16)10-5-6-14-11(13)8-10/h5-6,8-9H,2-4,7H2,1H3. The lowest BCUT2D eigenvalue weighted by molar-refractivity contribution is 0.0635. The third-order valence-corrected chi connectivity index (χ3v) is 3.24. The summed E-state index contributed by atoms with van der Waals surface area (Å²) < 4.78 is 0. The molecule has 1 unspecified atom stereocenters. The zero-order valence-electron chi connectivity index (χ0n) is 9.32. The quantitative estimate of drug-likeness (QED) is 0.705. The minimum atomic E-state index is 0.0662. The van der Waals surface area contributed by atoms with E-state index in [1.807, 2.05) is 4.90 Å². The third-order valence-electron chi connectivity index (χ3n) is 3.04. The monoisotopic (exact) mass is 238 g/mol. The number of piperidine rings is 1. The molecule has 0 aliphatic carbocycles. The van der Waals surface area contributed by atoms with Gasteiger partial charge in [-0.3, -0.25) is 4.79 Å². The molecule has 0 radical (unpaired) electrons. The van der Waals surface area contributed by atoms with Gasteiger partial charge >= 0.3 is 0 Å². The van der Waals surface area contributed by atoms with E-state index in [0.29, 0.717) is 16.8 Å². The summed E-state index contributed by atoms with van der Waals surface area (Å²) in [6.07, 6.45) is 4.96. The number of rotatable bonds is 1. The molecule has 1 aliphatic heterocycles. The number of carbonyl (C=O) groups excluding carboxylic acids is 1. The average Bonchev–Trinajstić information content (AvgIpc) is 2.29. The SMILES string of the molecule is CC1CCCCN1C(=O)c1ccnc(Cl)c1. The molecule has 1 aromatic heterocycles. The predicted octanol–water partition coefficient (Wildman–Crippen LogP) is 2.75. The molecular weight excluding hydrogens is 224 g/mol. The second-order valence-electron chi connectivity index (χ2n) is 4.21. The van der Waals surface area contributed by atoms with Crippen molar-refractivity contribution < 1.29 is 4.79 Å². The topological polar surface area (TPSA) is 33.2 Å². The van der Waals surface area contributed by atoms with Crippen molar-refractivity contribution in [1.29, 1.82) is 0 Å². The number of aromatic nitrogens is 1. The molecule has 1 atom stereocenters. The molecule has 3 nitrogen and oxygen atoms in total. The maximum atomic E-state index is 12.2. The van der Waals surface area contributed by atoms with Crippen LogP contribution in [0.1, 0.15) is 36.5 Å². The van der Waals surface area contributed by atoms with Crippen LogP contribution in [0.3, 0.4) is 0 Å². The highest BCUT2D eigenvalue weighted by atomic mass is 35.5. The van der Waals surface area contributed by atoms with Gasteiger partial charge in [-0.05, 0) is 38.3 Å². The first-order valence-electron chi connectivity index (χ1n) is 5.61. The first-order chi connectivity index (χ1) is 7.68. The number of carbonyl (C=O) groups is 1. The molecule has 1 fully saturated rings. The van der Waals surface area contributed by atoms with Gasteiger partial charge in [-0.2, -0.15) is 0 Å². The van der Waals surface area contributed by atoms with Crippen LogP contribution in [0.15, 0.2) is 18.3 Å². The zero-order chi connectivity index (χ0) is 11.5. The van der Waals surface area contributed by atoms with Gasteiger partial charge in [0, 0.05) is 24.3 Å². The minimum Gasteiger partial charge on any atom is -0.336 e. The molecule has 1 aromatic rings. The second kappa shape index (κ2) is 4.83. The summed E-state index contributed by atoms with van der Waals surface area (Å²) in [7, 11) is 0. The Balaban J connectivity index is 2.17. The fourth-order valence-electron chi connectivity index (χ4n) is 2.10. The van der Waals surface area contributed by atoms with E-state index >= 15 is 0 Å². The molecular formula is C12H15ClN2O. The van der Waals surface area contributed by atoms with Gasteiger partial charge in [0.25, 0.3) is 5.91 Å². The Morgan fingerprint density at radius 1 is 1.56 bits per heavy atom. The van der Waals surface area contributed by atoms with Crippen LogP contribution in [0, 0.1) is 0 Å². The van der Waals surface area contributed by atoms with Crippen molar-refractivity contribution in [3.8, 4) is 0 Å². The molecule has 2 rings (SSSR count). The molecule has 0 saturated carbocycles. The Labute approximate surface area is 100 Å². The lowest BCUT2D eigenvalue weighted by atomic mass is 10.0. The van der Waals surface area contributed by atoms with Gasteiger partial charge in [0.15, 0.2) is 0 Å². The Morgan fingerprint density at radius 2 is 2.38 bits per heavy atom. The number of amides is 1. The van der Waals surface area contributed by atoms with E-state index in [2.05, 4.69) is 11.9 Å². The Morgan fingerprint density at radius 3 is 3.06 bits per heavy atom. The Bertz CT molecular complexity index is 394. The summed E-state index contributed by atoms with van der Waals surface area (Å²) in [6, 6.07) is 3.67. The summed E-state index contributed by atoms with van der Waals surface area (Å²) in [4.78, 5) is 18.0. The van der Waals surface area contributed by atoms with Crippen LogP contribution in [-0.2, 0) is 0 Å². The fourth-order valence-corrected chi connectivity index (χ4v) is 2.28. The van der Waals surface area contributed by atoms with Crippen LogP contribution in [0.25, 0.3) is 0 Å². The van der Waals surface area contributed by atoms with Gasteiger partial charge in [-0.1, -0.05) is 11.6 Å². The normalized spacial score (nSPS) is 20.9. The highest BCUT2D eigenvalue weighted by Crippen LogP contribution is 2.19. The molecule has 4 heteroatoms. The van der Waals surface area contributed by atoms with Crippen LogP contribution in [0.2, 0.25) is 5.15 Å². The van der Waals surface area contributed by atoms with Crippen LogP contribution in [0.4, 0.5) is 0 Å². The van der Waals surface area contributed by atoms with Gasteiger partial charge in [0.2, 0.25) is 0 Å². The largest absolute Gasteiger partial charge is 0.336 e. The highest BCUT2D eigenvalue weighted by molar-refractivity contribution is 6.29. The third kappa shape index (κ3) is 2.35. The number of pyridine rings is 1. The van der Waals surface area contributed by atoms with E-state index in [1.165, 1.54) is 6.42 Å². The highest BCUT2D eigenvalue weighted by Gasteiger charge is 2.24. The first kappa shape index (κ1) is 11.4. The average molecular weight is 239 g/mol.